The van der Waals surface area contributed by atoms with Crippen molar-refractivity contribution in [1.82, 2.24) is 15.1 Å². The summed E-state index contributed by atoms with van der Waals surface area (Å²) in [6.45, 7) is 3.68. The molecule has 0 aliphatic carbocycles. The van der Waals surface area contributed by atoms with E-state index in [2.05, 4.69) is 22.3 Å². The van der Waals surface area contributed by atoms with E-state index in [4.69, 9.17) is 4.74 Å². The van der Waals surface area contributed by atoms with Crippen molar-refractivity contribution in [3.8, 4) is 5.75 Å². The predicted molar refractivity (Wildman–Crippen MR) is 110 cm³/mol. The number of hydrogen-bond acceptors (Lipinski definition) is 4. The van der Waals surface area contributed by atoms with E-state index < -0.39 is 6.04 Å². The van der Waals surface area contributed by atoms with Crippen LogP contribution < -0.4 is 10.1 Å². The van der Waals surface area contributed by atoms with Gasteiger partial charge in [0.05, 0.1) is 19.0 Å². The lowest BCUT2D eigenvalue weighted by Gasteiger charge is -2.35. The molecule has 29 heavy (non-hydrogen) atoms. The van der Waals surface area contributed by atoms with Gasteiger partial charge in [-0.15, -0.1) is 0 Å². The Hall–Kier alpha value is -2.86. The van der Waals surface area contributed by atoms with Crippen LogP contribution in [0.25, 0.3) is 0 Å². The van der Waals surface area contributed by atoms with Gasteiger partial charge in [0.25, 0.3) is 0 Å². The van der Waals surface area contributed by atoms with Crippen molar-refractivity contribution in [1.29, 1.82) is 0 Å². The fourth-order valence-corrected chi connectivity index (χ4v) is 4.00. The number of nitrogens with one attached hydrogen (secondary N) is 1. The second-order valence-electron chi connectivity index (χ2n) is 7.55. The highest BCUT2D eigenvalue weighted by Gasteiger charge is 2.33. The third-order valence-corrected chi connectivity index (χ3v) is 5.65. The van der Waals surface area contributed by atoms with Gasteiger partial charge in [-0.1, -0.05) is 48.5 Å². The summed E-state index contributed by atoms with van der Waals surface area (Å²) in [7, 11) is 0. The summed E-state index contributed by atoms with van der Waals surface area (Å²) in [6.07, 6.45) is 1.06. The topological polar surface area (TPSA) is 61.9 Å². The zero-order valence-electron chi connectivity index (χ0n) is 16.5. The lowest BCUT2D eigenvalue weighted by molar-refractivity contribution is -0.139. The largest absolute Gasteiger partial charge is 0.491 e. The molecule has 0 radical (unpaired) electrons. The monoisotopic (exact) mass is 393 g/mol. The zero-order chi connectivity index (χ0) is 20.1. The number of amides is 2. The van der Waals surface area contributed by atoms with Gasteiger partial charge in [0.15, 0.2) is 0 Å². The molecule has 2 aromatic carbocycles. The van der Waals surface area contributed by atoms with E-state index in [0.29, 0.717) is 26.2 Å². The molecule has 0 spiro atoms. The van der Waals surface area contributed by atoms with Crippen LogP contribution in [0, 0.1) is 0 Å². The molecule has 2 aliphatic heterocycles. The van der Waals surface area contributed by atoms with E-state index in [-0.39, 0.29) is 18.2 Å². The first kappa shape index (κ1) is 19.5. The first-order chi connectivity index (χ1) is 14.2. The Bertz CT molecular complexity index is 855. The van der Waals surface area contributed by atoms with Gasteiger partial charge < -0.3 is 15.0 Å². The number of nitrogens with zero attached hydrogens (tertiary/aromatic N) is 2. The first-order valence-electron chi connectivity index (χ1n) is 10.2. The fourth-order valence-electron chi connectivity index (χ4n) is 4.00. The lowest BCUT2D eigenvalue weighted by Crippen LogP contribution is -2.57. The summed E-state index contributed by atoms with van der Waals surface area (Å²) < 4.78 is 5.77. The number of ether oxygens (including phenoxy) is 1. The van der Waals surface area contributed by atoms with Crippen molar-refractivity contribution < 1.29 is 14.3 Å². The number of carbonyl (C=O) groups excluding carboxylic acids is 2. The number of benzene rings is 2. The van der Waals surface area contributed by atoms with Crippen LogP contribution in [0.15, 0.2) is 54.6 Å². The van der Waals surface area contributed by atoms with Gasteiger partial charge in [-0.25, -0.2) is 0 Å². The molecule has 1 atom stereocenters. The Morgan fingerprint density at radius 1 is 1.07 bits per heavy atom. The lowest BCUT2D eigenvalue weighted by atomic mass is 10.1. The highest BCUT2D eigenvalue weighted by molar-refractivity contribution is 5.89. The number of fused-ring (bicyclic) bond motifs is 1. The minimum Gasteiger partial charge on any atom is -0.491 e. The third kappa shape index (κ3) is 4.77. The average Bonchev–Trinajstić information content (AvgIpc) is 2.97. The van der Waals surface area contributed by atoms with Gasteiger partial charge in [-0.3, -0.25) is 14.5 Å². The predicted octanol–water partition coefficient (Wildman–Crippen LogP) is 1.84. The summed E-state index contributed by atoms with van der Waals surface area (Å²) in [4.78, 5) is 29.6. The van der Waals surface area contributed by atoms with Crippen molar-refractivity contribution >= 4 is 11.8 Å². The maximum Gasteiger partial charge on any atom is 0.237 e. The molecule has 2 amide bonds. The summed E-state index contributed by atoms with van der Waals surface area (Å²) in [5.74, 6) is 0.781. The van der Waals surface area contributed by atoms with Gasteiger partial charge in [-0.2, -0.15) is 0 Å². The van der Waals surface area contributed by atoms with Crippen molar-refractivity contribution in [2.24, 2.45) is 0 Å². The molecule has 2 heterocycles. The van der Waals surface area contributed by atoms with Crippen molar-refractivity contribution in [2.45, 2.75) is 25.4 Å². The first-order valence-corrected chi connectivity index (χ1v) is 10.2. The highest BCUT2D eigenvalue weighted by Crippen LogP contribution is 2.23. The van der Waals surface area contributed by atoms with E-state index in [1.165, 1.54) is 5.56 Å². The van der Waals surface area contributed by atoms with E-state index >= 15 is 0 Å². The van der Waals surface area contributed by atoms with Crippen LogP contribution in [-0.4, -0.2) is 60.4 Å². The van der Waals surface area contributed by atoms with Gasteiger partial charge in [0, 0.05) is 31.7 Å². The van der Waals surface area contributed by atoms with Crippen LogP contribution in [0.5, 0.6) is 5.75 Å². The van der Waals surface area contributed by atoms with Crippen LogP contribution in [-0.2, 0) is 22.6 Å². The second kappa shape index (κ2) is 9.09. The molecule has 0 bridgehead atoms. The number of piperazine rings is 1. The third-order valence-electron chi connectivity index (χ3n) is 5.65. The molecule has 6 nitrogen and oxygen atoms in total. The molecular formula is C23H27N3O3. The summed E-state index contributed by atoms with van der Waals surface area (Å²) in [5, 5.41) is 2.92. The molecule has 1 fully saturated rings. The standard InChI is InChI=1S/C23H27N3O3/c27-22(26-14-15-29-21-9-5-4-8-19(21)17-26)16-20-23(28)24-11-13-25(20)12-10-18-6-2-1-3-7-18/h1-9,20H,10-17H2,(H,24,28)/t20-/m1/s1. The smallest absolute Gasteiger partial charge is 0.237 e. The fraction of sp³-hybridized carbons (Fsp3) is 0.391. The zero-order valence-corrected chi connectivity index (χ0v) is 16.5. The number of rotatable bonds is 5. The molecule has 0 aromatic heterocycles. The summed E-state index contributed by atoms with van der Waals surface area (Å²) in [6, 6.07) is 17.6. The molecule has 2 aliphatic rings. The van der Waals surface area contributed by atoms with E-state index in [0.717, 1.165) is 30.8 Å². The van der Waals surface area contributed by atoms with Crippen molar-refractivity contribution in [2.75, 3.05) is 32.8 Å². The Kier molecular flexibility index (Phi) is 6.10. The minimum atomic E-state index is -0.417. The van der Waals surface area contributed by atoms with Crippen LogP contribution in [0.4, 0.5) is 0 Å². The van der Waals surface area contributed by atoms with Crippen molar-refractivity contribution in [3.63, 3.8) is 0 Å². The second-order valence-corrected chi connectivity index (χ2v) is 7.55. The minimum absolute atomic E-state index is 0.00272. The number of para-hydroxylation sites is 1. The maximum absolute atomic E-state index is 13.1. The van der Waals surface area contributed by atoms with E-state index in [1.807, 2.05) is 47.4 Å². The SMILES string of the molecule is O=C1NCCN(CCc2ccccc2)[C@@H]1CC(=O)N1CCOc2ccccc2C1. The molecule has 4 rings (SSSR count). The van der Waals surface area contributed by atoms with Crippen LogP contribution >= 0.6 is 0 Å². The normalized spacial score (nSPS) is 19.7. The Balaban J connectivity index is 1.41. The summed E-state index contributed by atoms with van der Waals surface area (Å²) in [5.41, 5.74) is 2.25. The van der Waals surface area contributed by atoms with Crippen LogP contribution in [0.2, 0.25) is 0 Å². The average molecular weight is 393 g/mol. The Labute approximate surface area is 171 Å². The Morgan fingerprint density at radius 3 is 2.72 bits per heavy atom. The van der Waals surface area contributed by atoms with Gasteiger partial charge in [0.2, 0.25) is 11.8 Å². The molecule has 0 unspecified atom stereocenters. The maximum atomic E-state index is 13.1. The quantitative estimate of drug-likeness (QED) is 0.842. The van der Waals surface area contributed by atoms with Gasteiger partial charge in [0.1, 0.15) is 12.4 Å². The molecule has 0 saturated carbocycles. The van der Waals surface area contributed by atoms with E-state index in [9.17, 15) is 9.59 Å². The molecule has 1 N–H and O–H groups in total. The summed E-state index contributed by atoms with van der Waals surface area (Å²) >= 11 is 0. The molecule has 2 aromatic rings. The highest BCUT2D eigenvalue weighted by atomic mass is 16.5. The molecule has 6 heteroatoms. The molecule has 152 valence electrons. The number of hydrogen-bond donors (Lipinski definition) is 1. The molecule has 1 saturated heterocycles. The van der Waals surface area contributed by atoms with Crippen LogP contribution in [0.3, 0.4) is 0 Å². The van der Waals surface area contributed by atoms with Crippen molar-refractivity contribution in [3.05, 3.63) is 65.7 Å². The van der Waals surface area contributed by atoms with Gasteiger partial charge in [-0.05, 0) is 18.1 Å². The Morgan fingerprint density at radius 2 is 1.86 bits per heavy atom. The van der Waals surface area contributed by atoms with E-state index in [1.54, 1.807) is 0 Å². The van der Waals surface area contributed by atoms with Gasteiger partial charge >= 0.3 is 0 Å². The van der Waals surface area contributed by atoms with Crippen LogP contribution in [0.1, 0.15) is 17.5 Å². The molecular weight excluding hydrogens is 366 g/mol. The number of carbonyl (C=O) groups is 2.